The monoisotopic (exact) mass is 243 g/mol. The van der Waals surface area contributed by atoms with Gasteiger partial charge in [0.25, 0.3) is 0 Å². The van der Waals surface area contributed by atoms with E-state index in [1.165, 1.54) is 0 Å². The molecule has 2 fully saturated rings. The summed E-state index contributed by atoms with van der Waals surface area (Å²) >= 11 is 0. The summed E-state index contributed by atoms with van der Waals surface area (Å²) in [6, 6.07) is 0.178. The lowest BCUT2D eigenvalue weighted by atomic mass is 9.65. The van der Waals surface area contributed by atoms with Crippen LogP contribution in [-0.2, 0) is 10.0 Å². The Bertz CT molecular complexity index is 413. The number of sulfonamides is 1. The molecule has 1 aliphatic heterocycles. The molecule has 0 aromatic carbocycles. The zero-order valence-electron chi connectivity index (χ0n) is 10.4. The van der Waals surface area contributed by atoms with Gasteiger partial charge in [0.05, 0.1) is 0 Å². The molecule has 4 heteroatoms. The molecule has 1 saturated heterocycles. The van der Waals surface area contributed by atoms with Gasteiger partial charge in [0, 0.05) is 18.0 Å². The highest BCUT2D eigenvalue weighted by Crippen LogP contribution is 2.53. The first kappa shape index (κ1) is 12.1. The highest BCUT2D eigenvalue weighted by Gasteiger charge is 2.52. The summed E-state index contributed by atoms with van der Waals surface area (Å²) in [4.78, 5) is 0. The molecule has 2 aliphatic rings. The van der Waals surface area contributed by atoms with Crippen LogP contribution in [0.3, 0.4) is 0 Å². The summed E-state index contributed by atoms with van der Waals surface area (Å²) in [6.07, 6.45) is 3.08. The average molecular weight is 243 g/mol. The summed E-state index contributed by atoms with van der Waals surface area (Å²) in [5.74, 6) is 0. The van der Waals surface area contributed by atoms with Gasteiger partial charge in [0.1, 0.15) is 0 Å². The van der Waals surface area contributed by atoms with Crippen molar-refractivity contribution in [2.24, 2.45) is 10.8 Å². The first-order valence-corrected chi connectivity index (χ1v) is 7.32. The molecule has 1 aliphatic carbocycles. The van der Waals surface area contributed by atoms with E-state index in [4.69, 9.17) is 0 Å². The summed E-state index contributed by atoms with van der Waals surface area (Å²) in [5.41, 5.74) is 0.408. The summed E-state index contributed by atoms with van der Waals surface area (Å²) in [5, 5.41) is 1.09. The van der Waals surface area contributed by atoms with Crippen LogP contribution in [-0.4, -0.2) is 25.3 Å². The smallest absolute Gasteiger partial charge is 0.208 e. The van der Waals surface area contributed by atoms with Crippen molar-refractivity contribution < 1.29 is 8.42 Å². The van der Waals surface area contributed by atoms with Crippen molar-refractivity contribution in [2.45, 2.75) is 46.1 Å². The van der Waals surface area contributed by atoms with Crippen LogP contribution in [0, 0.1) is 10.8 Å². The minimum absolute atomic E-state index is 0.155. The summed E-state index contributed by atoms with van der Waals surface area (Å²) in [6.45, 7) is 10.8. The molecule has 0 amide bonds. The zero-order chi connectivity index (χ0) is 12.2. The van der Waals surface area contributed by atoms with Crippen LogP contribution >= 0.6 is 0 Å². The van der Waals surface area contributed by atoms with Crippen LogP contribution in [0.2, 0.25) is 0 Å². The molecule has 0 spiro atoms. The zero-order valence-corrected chi connectivity index (χ0v) is 11.2. The second kappa shape index (κ2) is 3.33. The fourth-order valence-electron chi connectivity index (χ4n) is 3.80. The number of rotatable bonds is 2. The van der Waals surface area contributed by atoms with Crippen molar-refractivity contribution in [3.63, 3.8) is 0 Å². The first-order valence-electron chi connectivity index (χ1n) is 5.82. The van der Waals surface area contributed by atoms with E-state index >= 15 is 0 Å². The highest BCUT2D eigenvalue weighted by atomic mass is 32.2. The Morgan fingerprint density at radius 2 is 1.94 bits per heavy atom. The Kier molecular flexibility index (Phi) is 2.52. The quantitative estimate of drug-likeness (QED) is 0.746. The average Bonchev–Trinajstić information content (AvgIpc) is 2.35. The molecule has 0 aromatic rings. The lowest BCUT2D eigenvalue weighted by Gasteiger charge is -2.39. The normalized spacial score (nSPS) is 38.6. The Balaban J connectivity index is 2.33. The third-order valence-electron chi connectivity index (χ3n) is 3.90. The minimum Gasteiger partial charge on any atom is -0.208 e. The third kappa shape index (κ3) is 1.93. The molecule has 0 aromatic heterocycles. The van der Waals surface area contributed by atoms with Gasteiger partial charge in [-0.3, -0.25) is 0 Å². The molecule has 92 valence electrons. The van der Waals surface area contributed by atoms with Crippen LogP contribution in [0.25, 0.3) is 0 Å². The third-order valence-corrected chi connectivity index (χ3v) is 5.41. The van der Waals surface area contributed by atoms with Crippen LogP contribution in [0.5, 0.6) is 0 Å². The van der Waals surface area contributed by atoms with Gasteiger partial charge in [0.2, 0.25) is 10.0 Å². The van der Waals surface area contributed by atoms with E-state index in [9.17, 15) is 8.42 Å². The van der Waals surface area contributed by atoms with Gasteiger partial charge in [-0.2, -0.15) is 4.31 Å². The summed E-state index contributed by atoms with van der Waals surface area (Å²) < 4.78 is 25.5. The van der Waals surface area contributed by atoms with Gasteiger partial charge in [-0.1, -0.05) is 27.4 Å². The van der Waals surface area contributed by atoms with Crippen LogP contribution in [0.15, 0.2) is 12.0 Å². The van der Waals surface area contributed by atoms with Crippen molar-refractivity contribution in [1.29, 1.82) is 0 Å². The second-order valence-corrected chi connectivity index (χ2v) is 8.30. The van der Waals surface area contributed by atoms with Crippen molar-refractivity contribution in [2.75, 3.05) is 6.54 Å². The molecule has 2 atom stereocenters. The van der Waals surface area contributed by atoms with Crippen LogP contribution < -0.4 is 0 Å². The molecule has 1 heterocycles. The van der Waals surface area contributed by atoms with Gasteiger partial charge in [-0.15, -0.1) is 0 Å². The lowest BCUT2D eigenvalue weighted by molar-refractivity contribution is 0.133. The molecule has 1 saturated carbocycles. The topological polar surface area (TPSA) is 37.4 Å². The Morgan fingerprint density at radius 3 is 2.50 bits per heavy atom. The molecule has 0 N–H and O–H groups in total. The van der Waals surface area contributed by atoms with Crippen LogP contribution in [0.1, 0.15) is 40.0 Å². The van der Waals surface area contributed by atoms with Gasteiger partial charge < -0.3 is 0 Å². The summed E-state index contributed by atoms with van der Waals surface area (Å²) in [7, 11) is -3.24. The van der Waals surface area contributed by atoms with E-state index in [1.807, 2.05) is 0 Å². The van der Waals surface area contributed by atoms with Crippen LogP contribution in [0.4, 0.5) is 0 Å². The van der Waals surface area contributed by atoms with E-state index in [0.29, 0.717) is 6.54 Å². The first-order chi connectivity index (χ1) is 7.18. The van der Waals surface area contributed by atoms with E-state index in [1.54, 1.807) is 4.31 Å². The Hall–Kier alpha value is -0.350. The van der Waals surface area contributed by atoms with Crippen molar-refractivity contribution in [1.82, 2.24) is 4.31 Å². The number of hydrogen-bond donors (Lipinski definition) is 0. The number of nitrogens with zero attached hydrogens (tertiary/aromatic N) is 1. The van der Waals surface area contributed by atoms with Gasteiger partial charge >= 0.3 is 0 Å². The predicted molar refractivity (Wildman–Crippen MR) is 65.3 cm³/mol. The van der Waals surface area contributed by atoms with Crippen molar-refractivity contribution in [3.8, 4) is 0 Å². The van der Waals surface area contributed by atoms with E-state index in [0.717, 1.165) is 24.7 Å². The Labute approximate surface area is 98.6 Å². The largest absolute Gasteiger partial charge is 0.235 e. The maximum absolute atomic E-state index is 11.9. The molecular weight excluding hydrogens is 222 g/mol. The highest BCUT2D eigenvalue weighted by molar-refractivity contribution is 7.92. The maximum atomic E-state index is 11.9. The molecular formula is C12H21NO2S. The maximum Gasteiger partial charge on any atom is 0.235 e. The molecule has 3 nitrogen and oxygen atoms in total. The van der Waals surface area contributed by atoms with Gasteiger partial charge in [-0.25, -0.2) is 8.42 Å². The molecule has 2 unspecified atom stereocenters. The number of hydrogen-bond acceptors (Lipinski definition) is 2. The fraction of sp³-hybridized carbons (Fsp3) is 0.833. The SMILES string of the molecule is C=CS(=O)(=O)N1CC2(C)CC1CC(C)(C)C2. The van der Waals surface area contributed by atoms with Crippen molar-refractivity contribution in [3.05, 3.63) is 12.0 Å². The Morgan fingerprint density at radius 1 is 1.31 bits per heavy atom. The fourth-order valence-corrected chi connectivity index (χ4v) is 5.05. The molecule has 0 radical (unpaired) electrons. The predicted octanol–water partition coefficient (Wildman–Crippen LogP) is 2.36. The van der Waals surface area contributed by atoms with E-state index in [-0.39, 0.29) is 16.9 Å². The molecule has 2 bridgehead atoms. The second-order valence-electron chi connectivity index (χ2n) is 6.47. The van der Waals surface area contributed by atoms with E-state index < -0.39 is 10.0 Å². The molecule has 2 rings (SSSR count). The number of fused-ring (bicyclic) bond motifs is 2. The van der Waals surface area contributed by atoms with Crippen molar-refractivity contribution >= 4 is 10.0 Å². The molecule has 16 heavy (non-hydrogen) atoms. The minimum atomic E-state index is -3.24. The lowest BCUT2D eigenvalue weighted by Crippen LogP contribution is -2.36. The van der Waals surface area contributed by atoms with Gasteiger partial charge in [0.15, 0.2) is 0 Å². The van der Waals surface area contributed by atoms with E-state index in [2.05, 4.69) is 27.4 Å². The van der Waals surface area contributed by atoms with Gasteiger partial charge in [-0.05, 0) is 30.1 Å². The standard InChI is InChI=1S/C12H21NO2S/c1-5-16(14,15)13-9-12(4)7-10(13)6-11(2,3)8-12/h5,10H,1,6-9H2,2-4H3.